The summed E-state index contributed by atoms with van der Waals surface area (Å²) >= 11 is 0. The van der Waals surface area contributed by atoms with E-state index in [0.717, 1.165) is 25.7 Å². The van der Waals surface area contributed by atoms with Crippen LogP contribution in [0.4, 0.5) is 0 Å². The number of carbonyl (C=O) groups is 2. The normalized spacial score (nSPS) is 26.3. The predicted molar refractivity (Wildman–Crippen MR) is 64.4 cm³/mol. The van der Waals surface area contributed by atoms with Gasteiger partial charge >= 0.3 is 5.97 Å². The molecule has 2 saturated carbocycles. The SMILES string of the molecule is COC(=O)C1(C(=O)C2CCCC2)CC(C)(C)C1. The van der Waals surface area contributed by atoms with Gasteiger partial charge in [-0.05, 0) is 31.1 Å². The number of methoxy groups -OCH3 is 1. The van der Waals surface area contributed by atoms with Gasteiger partial charge in [-0.25, -0.2) is 0 Å². The molecule has 0 N–H and O–H groups in total. The summed E-state index contributed by atoms with van der Waals surface area (Å²) in [5.41, 5.74) is -0.713. The lowest BCUT2D eigenvalue weighted by atomic mass is 9.51. The summed E-state index contributed by atoms with van der Waals surface area (Å²) in [5, 5.41) is 0. The first kappa shape index (κ1) is 12.6. The summed E-state index contributed by atoms with van der Waals surface area (Å²) in [6, 6.07) is 0. The van der Waals surface area contributed by atoms with E-state index in [9.17, 15) is 9.59 Å². The maximum absolute atomic E-state index is 12.5. The Kier molecular flexibility index (Phi) is 3.04. The smallest absolute Gasteiger partial charge is 0.319 e. The molecule has 0 spiro atoms. The molecule has 0 radical (unpaired) electrons. The molecule has 0 amide bonds. The average Bonchev–Trinajstić information content (AvgIpc) is 2.76. The molecule has 3 nitrogen and oxygen atoms in total. The monoisotopic (exact) mass is 238 g/mol. The van der Waals surface area contributed by atoms with Gasteiger partial charge in [0, 0.05) is 5.92 Å². The fraction of sp³-hybridized carbons (Fsp3) is 0.857. The molecule has 0 unspecified atom stereocenters. The molecule has 0 heterocycles. The van der Waals surface area contributed by atoms with Gasteiger partial charge < -0.3 is 4.74 Å². The number of esters is 1. The van der Waals surface area contributed by atoms with Gasteiger partial charge in [-0.1, -0.05) is 26.7 Å². The molecule has 2 aliphatic carbocycles. The van der Waals surface area contributed by atoms with Crippen molar-refractivity contribution < 1.29 is 14.3 Å². The van der Waals surface area contributed by atoms with E-state index in [0.29, 0.717) is 12.8 Å². The van der Waals surface area contributed by atoms with Crippen molar-refractivity contribution in [2.24, 2.45) is 16.7 Å². The molecular formula is C14H22O3. The van der Waals surface area contributed by atoms with Crippen molar-refractivity contribution in [3.05, 3.63) is 0 Å². The van der Waals surface area contributed by atoms with Crippen LogP contribution in [0.15, 0.2) is 0 Å². The second-order valence-corrected chi connectivity index (χ2v) is 6.44. The summed E-state index contributed by atoms with van der Waals surface area (Å²) in [6.07, 6.45) is 5.47. The van der Waals surface area contributed by atoms with E-state index in [2.05, 4.69) is 13.8 Å². The van der Waals surface area contributed by atoms with Gasteiger partial charge in [0.05, 0.1) is 7.11 Å². The summed E-state index contributed by atoms with van der Waals surface area (Å²) in [4.78, 5) is 24.5. The van der Waals surface area contributed by atoms with Gasteiger partial charge in [0.15, 0.2) is 5.78 Å². The maximum atomic E-state index is 12.5. The quantitative estimate of drug-likeness (QED) is 0.561. The van der Waals surface area contributed by atoms with Gasteiger partial charge in [0.25, 0.3) is 0 Å². The highest BCUT2D eigenvalue weighted by Gasteiger charge is 2.61. The second kappa shape index (κ2) is 4.11. The van der Waals surface area contributed by atoms with Crippen LogP contribution in [0.25, 0.3) is 0 Å². The van der Waals surface area contributed by atoms with Crippen LogP contribution in [-0.2, 0) is 14.3 Å². The number of rotatable bonds is 3. The zero-order valence-corrected chi connectivity index (χ0v) is 11.0. The summed E-state index contributed by atoms with van der Waals surface area (Å²) in [7, 11) is 1.39. The van der Waals surface area contributed by atoms with Gasteiger partial charge in [0.1, 0.15) is 5.41 Å². The number of hydrogen-bond acceptors (Lipinski definition) is 3. The topological polar surface area (TPSA) is 43.4 Å². The lowest BCUT2D eigenvalue weighted by molar-refractivity contribution is -0.175. The Labute approximate surface area is 103 Å². The van der Waals surface area contributed by atoms with Crippen LogP contribution in [0.2, 0.25) is 0 Å². The first-order chi connectivity index (χ1) is 7.91. The molecule has 2 fully saturated rings. The van der Waals surface area contributed by atoms with Crippen LogP contribution in [0, 0.1) is 16.7 Å². The Morgan fingerprint density at radius 3 is 2.06 bits per heavy atom. The molecule has 2 rings (SSSR count). The Morgan fingerprint density at radius 1 is 1.12 bits per heavy atom. The van der Waals surface area contributed by atoms with Crippen LogP contribution in [0.5, 0.6) is 0 Å². The van der Waals surface area contributed by atoms with Crippen molar-refractivity contribution in [2.75, 3.05) is 7.11 Å². The van der Waals surface area contributed by atoms with Gasteiger partial charge in [-0.2, -0.15) is 0 Å². The Morgan fingerprint density at radius 2 is 1.65 bits per heavy atom. The van der Waals surface area contributed by atoms with Gasteiger partial charge in [-0.15, -0.1) is 0 Å². The molecular weight excluding hydrogens is 216 g/mol. The summed E-state index contributed by atoms with van der Waals surface area (Å²) in [6.45, 7) is 4.21. The highest BCUT2D eigenvalue weighted by atomic mass is 16.5. The minimum Gasteiger partial charge on any atom is -0.468 e. The number of ketones is 1. The second-order valence-electron chi connectivity index (χ2n) is 6.44. The minimum atomic E-state index is -0.812. The van der Waals surface area contributed by atoms with Crippen molar-refractivity contribution in [2.45, 2.75) is 52.4 Å². The molecule has 96 valence electrons. The van der Waals surface area contributed by atoms with E-state index in [1.165, 1.54) is 7.11 Å². The van der Waals surface area contributed by atoms with Crippen molar-refractivity contribution in [1.82, 2.24) is 0 Å². The number of Topliss-reactive ketones (excluding diaryl/α,β-unsaturated/α-hetero) is 1. The van der Waals surface area contributed by atoms with E-state index in [1.807, 2.05) is 0 Å². The van der Waals surface area contributed by atoms with E-state index >= 15 is 0 Å². The van der Waals surface area contributed by atoms with Crippen molar-refractivity contribution in [1.29, 1.82) is 0 Å². The Hall–Kier alpha value is -0.860. The average molecular weight is 238 g/mol. The van der Waals surface area contributed by atoms with Crippen LogP contribution in [0.3, 0.4) is 0 Å². The first-order valence-electron chi connectivity index (χ1n) is 6.54. The zero-order chi connectivity index (χ0) is 12.7. The third-order valence-electron chi connectivity index (χ3n) is 4.33. The molecule has 3 heteroatoms. The van der Waals surface area contributed by atoms with Crippen LogP contribution < -0.4 is 0 Å². The van der Waals surface area contributed by atoms with Crippen LogP contribution in [0.1, 0.15) is 52.4 Å². The molecule has 0 aromatic carbocycles. The van der Waals surface area contributed by atoms with Crippen molar-refractivity contribution >= 4 is 11.8 Å². The molecule has 0 atom stereocenters. The number of carbonyl (C=O) groups excluding carboxylic acids is 2. The highest BCUT2D eigenvalue weighted by Crippen LogP contribution is 2.57. The maximum Gasteiger partial charge on any atom is 0.319 e. The number of hydrogen-bond donors (Lipinski definition) is 0. The van der Waals surface area contributed by atoms with Crippen LogP contribution in [-0.4, -0.2) is 18.9 Å². The van der Waals surface area contributed by atoms with Gasteiger partial charge in [0.2, 0.25) is 0 Å². The van der Waals surface area contributed by atoms with Crippen LogP contribution >= 0.6 is 0 Å². The van der Waals surface area contributed by atoms with E-state index in [1.54, 1.807) is 0 Å². The molecule has 0 aliphatic heterocycles. The molecule has 0 bridgehead atoms. The lowest BCUT2D eigenvalue weighted by Crippen LogP contribution is -2.55. The third-order valence-corrected chi connectivity index (χ3v) is 4.33. The Balaban J connectivity index is 2.17. The number of ether oxygens (including phenoxy) is 1. The fourth-order valence-corrected chi connectivity index (χ4v) is 3.78. The van der Waals surface area contributed by atoms with E-state index in [-0.39, 0.29) is 23.1 Å². The fourth-order valence-electron chi connectivity index (χ4n) is 3.78. The zero-order valence-electron chi connectivity index (χ0n) is 11.0. The molecule has 17 heavy (non-hydrogen) atoms. The molecule has 0 saturated heterocycles. The minimum absolute atomic E-state index is 0.0997. The highest BCUT2D eigenvalue weighted by molar-refractivity contribution is 6.06. The lowest BCUT2D eigenvalue weighted by Gasteiger charge is -2.50. The molecule has 2 aliphatic rings. The first-order valence-corrected chi connectivity index (χ1v) is 6.54. The van der Waals surface area contributed by atoms with E-state index in [4.69, 9.17) is 4.74 Å². The van der Waals surface area contributed by atoms with Crippen molar-refractivity contribution in [3.63, 3.8) is 0 Å². The standard InChI is InChI=1S/C14H22O3/c1-13(2)8-14(9-13,12(16)17-3)11(15)10-6-4-5-7-10/h10H,4-9H2,1-3H3. The van der Waals surface area contributed by atoms with Crippen molar-refractivity contribution in [3.8, 4) is 0 Å². The summed E-state index contributed by atoms with van der Waals surface area (Å²) in [5.74, 6) is -0.0555. The Bertz CT molecular complexity index is 329. The van der Waals surface area contributed by atoms with E-state index < -0.39 is 5.41 Å². The molecule has 0 aromatic heterocycles. The molecule has 0 aromatic rings. The third kappa shape index (κ3) is 2.00. The predicted octanol–water partition coefficient (Wildman–Crippen LogP) is 2.73. The van der Waals surface area contributed by atoms with Gasteiger partial charge in [-0.3, -0.25) is 9.59 Å². The largest absolute Gasteiger partial charge is 0.468 e. The summed E-state index contributed by atoms with van der Waals surface area (Å²) < 4.78 is 4.87.